The maximum absolute atomic E-state index is 12.7. The Hall–Kier alpha value is -1.54. The van der Waals surface area contributed by atoms with Crippen LogP contribution < -0.4 is 5.73 Å². The second-order valence-electron chi connectivity index (χ2n) is 8.42. The van der Waals surface area contributed by atoms with Crippen LogP contribution >= 0.6 is 11.8 Å². The van der Waals surface area contributed by atoms with E-state index in [9.17, 15) is 13.2 Å². The van der Waals surface area contributed by atoms with E-state index >= 15 is 0 Å². The molecule has 0 aliphatic rings. The molecule has 4 nitrogen and oxygen atoms in total. The number of unbranched alkanes of at least 4 members (excludes halogenated alkanes) is 9. The molecular weight excluding hydrogens is 433 g/mol. The molecule has 0 saturated carbocycles. The highest BCUT2D eigenvalue weighted by Gasteiger charge is 2.30. The van der Waals surface area contributed by atoms with E-state index in [0.29, 0.717) is 17.8 Å². The van der Waals surface area contributed by atoms with Gasteiger partial charge < -0.3 is 5.73 Å². The van der Waals surface area contributed by atoms with E-state index in [0.717, 1.165) is 23.6 Å². The predicted octanol–water partition coefficient (Wildman–Crippen LogP) is 6.95. The second-order valence-corrected chi connectivity index (χ2v) is 9.57. The van der Waals surface area contributed by atoms with Crippen LogP contribution in [-0.4, -0.2) is 32.5 Å². The molecule has 1 atom stereocenters. The van der Waals surface area contributed by atoms with E-state index in [1.165, 1.54) is 76.3 Å². The van der Waals surface area contributed by atoms with Gasteiger partial charge in [0.05, 0.1) is 18.3 Å². The molecule has 2 N–H and O–H groups in total. The summed E-state index contributed by atoms with van der Waals surface area (Å²) < 4.78 is 39.7. The molecule has 1 aromatic heterocycles. The molecule has 0 aliphatic heterocycles. The monoisotopic (exact) mass is 470 g/mol. The standard InChI is InChI=1S/C24H37F3N4S/c1-2-3-4-5-6-7-8-9-10-11-16-32-19-22(28)17-31-18-23(29-30-31)20-12-14-21(15-13-20)24(25,26)27/h12-15,18,22H,2-11,16-17,19,28H2,1H3. The minimum absolute atomic E-state index is 0.0368. The lowest BCUT2D eigenvalue weighted by molar-refractivity contribution is -0.137. The highest BCUT2D eigenvalue weighted by molar-refractivity contribution is 7.99. The molecule has 0 fully saturated rings. The highest BCUT2D eigenvalue weighted by atomic mass is 32.2. The summed E-state index contributed by atoms with van der Waals surface area (Å²) in [5.74, 6) is 1.98. The first-order valence-electron chi connectivity index (χ1n) is 11.8. The Morgan fingerprint density at radius 2 is 1.53 bits per heavy atom. The molecule has 32 heavy (non-hydrogen) atoms. The largest absolute Gasteiger partial charge is 0.416 e. The average Bonchev–Trinajstić information content (AvgIpc) is 3.22. The first-order valence-corrected chi connectivity index (χ1v) is 13.0. The SMILES string of the molecule is CCCCCCCCCCCCSCC(N)Cn1cc(-c2ccc(C(F)(F)F)cc2)nn1. The quantitative estimate of drug-likeness (QED) is 0.270. The third-order valence-electron chi connectivity index (χ3n) is 5.44. The Labute approximate surface area is 194 Å². The molecule has 1 unspecified atom stereocenters. The molecule has 180 valence electrons. The molecule has 1 aromatic carbocycles. The summed E-state index contributed by atoms with van der Waals surface area (Å²) in [6, 6.07) is 4.92. The fourth-order valence-electron chi connectivity index (χ4n) is 3.57. The van der Waals surface area contributed by atoms with Crippen molar-refractivity contribution >= 4 is 11.8 Å². The van der Waals surface area contributed by atoms with E-state index in [1.54, 1.807) is 10.9 Å². The molecule has 0 amide bonds. The van der Waals surface area contributed by atoms with Crippen molar-refractivity contribution in [1.29, 1.82) is 0 Å². The van der Waals surface area contributed by atoms with Crippen LogP contribution in [0.4, 0.5) is 13.2 Å². The number of halogens is 3. The van der Waals surface area contributed by atoms with E-state index in [2.05, 4.69) is 17.2 Å². The zero-order valence-corrected chi connectivity index (χ0v) is 19.9. The van der Waals surface area contributed by atoms with Gasteiger partial charge in [-0.25, -0.2) is 0 Å². The van der Waals surface area contributed by atoms with Gasteiger partial charge in [-0.1, -0.05) is 82.1 Å². The third kappa shape index (κ3) is 10.4. The van der Waals surface area contributed by atoms with Crippen molar-refractivity contribution in [2.45, 2.75) is 89.9 Å². The number of hydrogen-bond acceptors (Lipinski definition) is 4. The van der Waals surface area contributed by atoms with E-state index in [4.69, 9.17) is 5.73 Å². The van der Waals surface area contributed by atoms with Crippen molar-refractivity contribution in [3.8, 4) is 11.3 Å². The molecule has 2 aromatic rings. The first kappa shape index (κ1) is 26.7. The van der Waals surface area contributed by atoms with Crippen LogP contribution in [0.1, 0.15) is 76.7 Å². The lowest BCUT2D eigenvalue weighted by Gasteiger charge is -2.10. The Kier molecular flexibility index (Phi) is 12.2. The molecular formula is C24H37F3N4S. The van der Waals surface area contributed by atoms with Crippen LogP contribution in [0.25, 0.3) is 11.3 Å². The number of alkyl halides is 3. The Morgan fingerprint density at radius 3 is 2.12 bits per heavy atom. The Balaban J connectivity index is 1.56. The summed E-state index contributed by atoms with van der Waals surface area (Å²) in [5, 5.41) is 8.14. The molecule has 0 bridgehead atoms. The number of benzene rings is 1. The topological polar surface area (TPSA) is 56.7 Å². The van der Waals surface area contributed by atoms with Gasteiger partial charge in [0.25, 0.3) is 0 Å². The number of rotatable bonds is 16. The van der Waals surface area contributed by atoms with Crippen molar-refractivity contribution in [3.63, 3.8) is 0 Å². The van der Waals surface area contributed by atoms with Gasteiger partial charge in [0.2, 0.25) is 0 Å². The summed E-state index contributed by atoms with van der Waals surface area (Å²) in [7, 11) is 0. The van der Waals surface area contributed by atoms with Crippen LogP contribution in [0.2, 0.25) is 0 Å². The number of hydrogen-bond donors (Lipinski definition) is 1. The summed E-state index contributed by atoms with van der Waals surface area (Å²) in [6.07, 6.45) is 10.8. The van der Waals surface area contributed by atoms with Crippen LogP contribution in [0.5, 0.6) is 0 Å². The molecule has 0 aliphatic carbocycles. The smallest absolute Gasteiger partial charge is 0.325 e. The third-order valence-corrected chi connectivity index (χ3v) is 6.68. The van der Waals surface area contributed by atoms with E-state index in [1.807, 2.05) is 11.8 Å². The van der Waals surface area contributed by atoms with Gasteiger partial charge in [-0.2, -0.15) is 24.9 Å². The number of aromatic nitrogens is 3. The van der Waals surface area contributed by atoms with Crippen LogP contribution in [0, 0.1) is 0 Å². The molecule has 0 saturated heterocycles. The maximum atomic E-state index is 12.7. The number of nitrogens with zero attached hydrogens (tertiary/aromatic N) is 3. The van der Waals surface area contributed by atoms with Crippen molar-refractivity contribution in [3.05, 3.63) is 36.0 Å². The van der Waals surface area contributed by atoms with Gasteiger partial charge in [-0.05, 0) is 24.3 Å². The summed E-state index contributed by atoms with van der Waals surface area (Å²) in [6.45, 7) is 2.79. The van der Waals surface area contributed by atoms with Gasteiger partial charge in [0.15, 0.2) is 0 Å². The summed E-state index contributed by atoms with van der Waals surface area (Å²) in [4.78, 5) is 0. The molecule has 2 rings (SSSR count). The minimum atomic E-state index is -4.34. The highest BCUT2D eigenvalue weighted by Crippen LogP contribution is 2.30. The van der Waals surface area contributed by atoms with Gasteiger partial charge in [0.1, 0.15) is 5.69 Å². The summed E-state index contributed by atoms with van der Waals surface area (Å²) in [5.41, 5.74) is 6.70. The van der Waals surface area contributed by atoms with Gasteiger partial charge in [-0.3, -0.25) is 4.68 Å². The van der Waals surface area contributed by atoms with Crippen LogP contribution in [0.3, 0.4) is 0 Å². The van der Waals surface area contributed by atoms with Crippen LogP contribution in [-0.2, 0) is 12.7 Å². The molecule has 0 spiro atoms. The van der Waals surface area contributed by atoms with Gasteiger partial charge in [-0.15, -0.1) is 5.10 Å². The van der Waals surface area contributed by atoms with Crippen LogP contribution in [0.15, 0.2) is 30.5 Å². The lowest BCUT2D eigenvalue weighted by atomic mass is 10.1. The fourth-order valence-corrected chi connectivity index (χ4v) is 4.55. The molecule has 0 radical (unpaired) electrons. The first-order chi connectivity index (χ1) is 15.4. The molecule has 8 heteroatoms. The number of nitrogens with two attached hydrogens (primary N) is 1. The van der Waals surface area contributed by atoms with Crippen molar-refractivity contribution in [1.82, 2.24) is 15.0 Å². The van der Waals surface area contributed by atoms with Crippen molar-refractivity contribution in [2.24, 2.45) is 5.73 Å². The van der Waals surface area contributed by atoms with Crippen molar-refractivity contribution < 1.29 is 13.2 Å². The normalized spacial score (nSPS) is 12.9. The Morgan fingerprint density at radius 1 is 0.938 bits per heavy atom. The predicted molar refractivity (Wildman–Crippen MR) is 128 cm³/mol. The van der Waals surface area contributed by atoms with Crippen molar-refractivity contribution in [2.75, 3.05) is 11.5 Å². The zero-order chi connectivity index (χ0) is 23.2. The van der Waals surface area contributed by atoms with Gasteiger partial charge in [0, 0.05) is 17.4 Å². The lowest BCUT2D eigenvalue weighted by Crippen LogP contribution is -2.29. The number of thioether (sulfide) groups is 1. The fraction of sp³-hybridized carbons (Fsp3) is 0.667. The Bertz CT molecular complexity index is 746. The van der Waals surface area contributed by atoms with E-state index in [-0.39, 0.29) is 6.04 Å². The average molecular weight is 471 g/mol. The second kappa shape index (κ2) is 14.6. The zero-order valence-electron chi connectivity index (χ0n) is 19.1. The molecule has 1 heterocycles. The van der Waals surface area contributed by atoms with E-state index < -0.39 is 11.7 Å². The maximum Gasteiger partial charge on any atom is 0.416 e. The van der Waals surface area contributed by atoms with Gasteiger partial charge >= 0.3 is 6.18 Å². The minimum Gasteiger partial charge on any atom is -0.325 e. The summed E-state index contributed by atoms with van der Waals surface area (Å²) >= 11 is 1.87.